The second-order valence-corrected chi connectivity index (χ2v) is 6.77. The standard InChI is InChI=1S/C19H28N2O2.ClH/c1-23-17-7-4-15(5-8-17)6-9-19(22)21-13-10-16(11-14-21)18-3-2-12-20-18;/h4-5,7-8,16,18,20H,2-3,6,9-14H2,1H3;1H. The summed E-state index contributed by atoms with van der Waals surface area (Å²) in [7, 11) is 1.67. The summed E-state index contributed by atoms with van der Waals surface area (Å²) in [5.41, 5.74) is 1.20. The highest BCUT2D eigenvalue weighted by atomic mass is 35.5. The first-order valence-electron chi connectivity index (χ1n) is 8.90. The molecule has 0 spiro atoms. The smallest absolute Gasteiger partial charge is 0.222 e. The maximum Gasteiger partial charge on any atom is 0.222 e. The molecular formula is C19H29ClN2O2. The van der Waals surface area contributed by atoms with Gasteiger partial charge in [0.2, 0.25) is 5.91 Å². The van der Waals surface area contributed by atoms with E-state index in [0.717, 1.165) is 44.0 Å². The Labute approximate surface area is 151 Å². The van der Waals surface area contributed by atoms with Crippen molar-refractivity contribution < 1.29 is 9.53 Å². The molecule has 2 saturated heterocycles. The second kappa shape index (κ2) is 9.28. The fourth-order valence-electron chi connectivity index (χ4n) is 3.87. The van der Waals surface area contributed by atoms with Crippen molar-refractivity contribution in [1.82, 2.24) is 10.2 Å². The van der Waals surface area contributed by atoms with Gasteiger partial charge in [-0.05, 0) is 62.3 Å². The fraction of sp³-hybridized carbons (Fsp3) is 0.632. The molecule has 1 amide bonds. The van der Waals surface area contributed by atoms with E-state index in [-0.39, 0.29) is 12.4 Å². The fourth-order valence-corrected chi connectivity index (χ4v) is 3.87. The Morgan fingerprint density at radius 2 is 1.92 bits per heavy atom. The summed E-state index contributed by atoms with van der Waals surface area (Å²) in [6.07, 6.45) is 6.37. The number of hydrogen-bond donors (Lipinski definition) is 1. The van der Waals surface area contributed by atoms with Gasteiger partial charge in [-0.15, -0.1) is 12.4 Å². The first kappa shape index (κ1) is 19.1. The monoisotopic (exact) mass is 352 g/mol. The zero-order valence-corrected chi connectivity index (χ0v) is 15.3. The van der Waals surface area contributed by atoms with E-state index in [2.05, 4.69) is 10.2 Å². The van der Waals surface area contributed by atoms with Crippen LogP contribution in [0.15, 0.2) is 24.3 Å². The molecule has 1 unspecified atom stereocenters. The molecule has 1 atom stereocenters. The number of ether oxygens (including phenoxy) is 1. The molecule has 0 aliphatic carbocycles. The predicted octanol–water partition coefficient (Wildman–Crippen LogP) is 3.04. The van der Waals surface area contributed by atoms with Gasteiger partial charge in [0.25, 0.3) is 0 Å². The average molecular weight is 353 g/mol. The molecule has 1 N–H and O–H groups in total. The molecule has 4 nitrogen and oxygen atoms in total. The highest BCUT2D eigenvalue weighted by molar-refractivity contribution is 5.85. The second-order valence-electron chi connectivity index (χ2n) is 6.77. The molecule has 2 fully saturated rings. The van der Waals surface area contributed by atoms with Crippen molar-refractivity contribution in [2.75, 3.05) is 26.7 Å². The van der Waals surface area contributed by atoms with Gasteiger partial charge in [-0.25, -0.2) is 0 Å². The molecule has 0 radical (unpaired) electrons. The number of nitrogens with zero attached hydrogens (tertiary/aromatic N) is 1. The molecular weight excluding hydrogens is 324 g/mol. The van der Waals surface area contributed by atoms with Gasteiger partial charge in [0.15, 0.2) is 0 Å². The summed E-state index contributed by atoms with van der Waals surface area (Å²) in [6.45, 7) is 3.04. The Morgan fingerprint density at radius 3 is 2.50 bits per heavy atom. The van der Waals surface area contributed by atoms with E-state index >= 15 is 0 Å². The van der Waals surface area contributed by atoms with Gasteiger partial charge >= 0.3 is 0 Å². The Hall–Kier alpha value is -1.26. The molecule has 24 heavy (non-hydrogen) atoms. The molecule has 134 valence electrons. The maximum atomic E-state index is 12.4. The third-order valence-electron chi connectivity index (χ3n) is 5.35. The number of carbonyl (C=O) groups is 1. The number of hydrogen-bond acceptors (Lipinski definition) is 3. The molecule has 2 aliphatic heterocycles. The summed E-state index contributed by atoms with van der Waals surface area (Å²) in [5.74, 6) is 1.93. The minimum Gasteiger partial charge on any atom is -0.497 e. The third-order valence-corrected chi connectivity index (χ3v) is 5.35. The number of piperidine rings is 1. The van der Waals surface area contributed by atoms with Gasteiger partial charge in [0.05, 0.1) is 7.11 Å². The minimum atomic E-state index is 0. The Morgan fingerprint density at radius 1 is 1.21 bits per heavy atom. The number of halogens is 1. The summed E-state index contributed by atoms with van der Waals surface area (Å²) in [6, 6.07) is 8.71. The molecule has 0 saturated carbocycles. The van der Waals surface area contributed by atoms with Crippen LogP contribution in [0.2, 0.25) is 0 Å². The summed E-state index contributed by atoms with van der Waals surface area (Å²) >= 11 is 0. The van der Waals surface area contributed by atoms with Crippen molar-refractivity contribution in [1.29, 1.82) is 0 Å². The summed E-state index contributed by atoms with van der Waals surface area (Å²) in [5, 5.41) is 3.61. The van der Waals surface area contributed by atoms with Gasteiger partial charge in [0.1, 0.15) is 5.75 Å². The van der Waals surface area contributed by atoms with Crippen LogP contribution < -0.4 is 10.1 Å². The van der Waals surface area contributed by atoms with Crippen molar-refractivity contribution in [3.63, 3.8) is 0 Å². The van der Waals surface area contributed by atoms with E-state index in [1.165, 1.54) is 24.9 Å². The van der Waals surface area contributed by atoms with E-state index in [0.29, 0.717) is 18.4 Å². The van der Waals surface area contributed by atoms with Gasteiger partial charge in [0, 0.05) is 25.6 Å². The van der Waals surface area contributed by atoms with Crippen LogP contribution in [0.25, 0.3) is 0 Å². The van der Waals surface area contributed by atoms with Gasteiger partial charge in [-0.2, -0.15) is 0 Å². The molecule has 5 heteroatoms. The van der Waals surface area contributed by atoms with Crippen LogP contribution >= 0.6 is 12.4 Å². The molecule has 2 aliphatic rings. The van der Waals surface area contributed by atoms with Crippen molar-refractivity contribution in [3.05, 3.63) is 29.8 Å². The number of rotatable bonds is 5. The molecule has 2 heterocycles. The highest BCUT2D eigenvalue weighted by Gasteiger charge is 2.29. The van der Waals surface area contributed by atoms with E-state index in [1.54, 1.807) is 7.11 Å². The minimum absolute atomic E-state index is 0. The number of likely N-dealkylation sites (tertiary alicyclic amines) is 1. The van der Waals surface area contributed by atoms with Gasteiger partial charge in [-0.3, -0.25) is 4.79 Å². The highest BCUT2D eigenvalue weighted by Crippen LogP contribution is 2.26. The zero-order chi connectivity index (χ0) is 16.1. The van der Waals surface area contributed by atoms with Crippen LogP contribution in [0.3, 0.4) is 0 Å². The van der Waals surface area contributed by atoms with Crippen LogP contribution in [-0.2, 0) is 11.2 Å². The Bertz CT molecular complexity index is 507. The largest absolute Gasteiger partial charge is 0.497 e. The molecule has 0 bridgehead atoms. The normalized spacial score (nSPS) is 21.4. The van der Waals surface area contributed by atoms with Crippen LogP contribution in [0.5, 0.6) is 5.75 Å². The molecule has 0 aromatic heterocycles. The summed E-state index contributed by atoms with van der Waals surface area (Å²) in [4.78, 5) is 14.5. The Kier molecular flexibility index (Phi) is 7.38. The van der Waals surface area contributed by atoms with E-state index in [4.69, 9.17) is 4.74 Å². The van der Waals surface area contributed by atoms with Crippen molar-refractivity contribution in [2.24, 2.45) is 5.92 Å². The number of amides is 1. The zero-order valence-electron chi connectivity index (χ0n) is 14.5. The summed E-state index contributed by atoms with van der Waals surface area (Å²) < 4.78 is 5.16. The lowest BCUT2D eigenvalue weighted by atomic mass is 9.88. The van der Waals surface area contributed by atoms with Gasteiger partial charge < -0.3 is 15.0 Å². The first-order chi connectivity index (χ1) is 11.3. The quantitative estimate of drug-likeness (QED) is 0.885. The van der Waals surface area contributed by atoms with Crippen molar-refractivity contribution in [3.8, 4) is 5.75 Å². The lowest BCUT2D eigenvalue weighted by Crippen LogP contribution is -2.43. The predicted molar refractivity (Wildman–Crippen MR) is 98.9 cm³/mol. The van der Waals surface area contributed by atoms with Crippen LogP contribution in [-0.4, -0.2) is 43.6 Å². The number of carbonyl (C=O) groups excluding carboxylic acids is 1. The lowest BCUT2D eigenvalue weighted by Gasteiger charge is -2.35. The number of benzene rings is 1. The van der Waals surface area contributed by atoms with E-state index < -0.39 is 0 Å². The molecule has 1 aromatic carbocycles. The number of aryl methyl sites for hydroxylation is 1. The topological polar surface area (TPSA) is 41.6 Å². The van der Waals surface area contributed by atoms with Crippen molar-refractivity contribution in [2.45, 2.75) is 44.6 Å². The molecule has 1 aromatic rings. The SMILES string of the molecule is COc1ccc(CCC(=O)N2CCC(C3CCCN3)CC2)cc1.Cl. The van der Waals surface area contributed by atoms with Crippen molar-refractivity contribution >= 4 is 18.3 Å². The maximum absolute atomic E-state index is 12.4. The average Bonchev–Trinajstić information content (AvgIpc) is 3.15. The number of methoxy groups -OCH3 is 1. The first-order valence-corrected chi connectivity index (χ1v) is 8.90. The van der Waals surface area contributed by atoms with Crippen LogP contribution in [0.1, 0.15) is 37.7 Å². The Balaban J connectivity index is 0.00000208. The van der Waals surface area contributed by atoms with Crippen LogP contribution in [0, 0.1) is 5.92 Å². The number of nitrogens with one attached hydrogen (secondary N) is 1. The van der Waals surface area contributed by atoms with Gasteiger partial charge in [-0.1, -0.05) is 12.1 Å². The molecule has 3 rings (SSSR count). The lowest BCUT2D eigenvalue weighted by molar-refractivity contribution is -0.132. The van der Waals surface area contributed by atoms with Crippen LogP contribution in [0.4, 0.5) is 0 Å². The third kappa shape index (κ3) is 4.87. The van der Waals surface area contributed by atoms with E-state index in [1.807, 2.05) is 24.3 Å². The van der Waals surface area contributed by atoms with E-state index in [9.17, 15) is 4.79 Å².